The Morgan fingerprint density at radius 2 is 1.73 bits per heavy atom. The van der Waals surface area contributed by atoms with Gasteiger partial charge in [0.1, 0.15) is 0 Å². The van der Waals surface area contributed by atoms with Crippen molar-refractivity contribution < 1.29 is 4.79 Å². The van der Waals surface area contributed by atoms with E-state index in [-0.39, 0.29) is 5.92 Å². The Kier molecular flexibility index (Phi) is 5.82. The number of amides is 1. The molecule has 2 fully saturated rings. The zero-order chi connectivity index (χ0) is 20.3. The molecule has 5 heteroatoms. The average Bonchev–Trinajstić information content (AvgIpc) is 3.24. The number of piperidine rings is 2. The maximum Gasteiger partial charge on any atom is 0.226 e. The van der Waals surface area contributed by atoms with Gasteiger partial charge in [-0.25, -0.2) is 4.98 Å². The molecular weight excluding hydrogens is 390 g/mol. The third-order valence-electron chi connectivity index (χ3n) is 6.57. The molecule has 1 unspecified atom stereocenters. The Labute approximate surface area is 182 Å². The minimum Gasteiger partial charge on any atom is -0.342 e. The first-order valence-corrected chi connectivity index (χ1v) is 12.0. The van der Waals surface area contributed by atoms with E-state index in [1.54, 1.807) is 0 Å². The lowest BCUT2D eigenvalue weighted by Crippen LogP contribution is -2.46. The number of para-hydroxylation sites is 1. The molecule has 1 amide bonds. The van der Waals surface area contributed by atoms with E-state index in [9.17, 15) is 4.79 Å². The fraction of sp³-hybridized carbons (Fsp3) is 0.440. The monoisotopic (exact) mass is 419 g/mol. The van der Waals surface area contributed by atoms with Crippen molar-refractivity contribution >= 4 is 27.5 Å². The van der Waals surface area contributed by atoms with Gasteiger partial charge in [0.05, 0.1) is 21.1 Å². The summed E-state index contributed by atoms with van der Waals surface area (Å²) in [5.41, 5.74) is 2.44. The molecule has 3 heterocycles. The van der Waals surface area contributed by atoms with Crippen LogP contribution in [0.1, 0.15) is 42.2 Å². The highest BCUT2D eigenvalue weighted by molar-refractivity contribution is 7.18. The number of aromatic nitrogens is 1. The van der Waals surface area contributed by atoms with Crippen LogP contribution in [-0.2, 0) is 11.3 Å². The SMILES string of the molecule is O=C(C1CCCN(Cc2ccccc2)C1)N1CCC(c2nc3ccccc3s2)CC1. The molecule has 30 heavy (non-hydrogen) atoms. The highest BCUT2D eigenvalue weighted by atomic mass is 32.1. The molecule has 2 aliphatic rings. The molecule has 0 spiro atoms. The summed E-state index contributed by atoms with van der Waals surface area (Å²) in [6.45, 7) is 4.68. The molecule has 5 rings (SSSR count). The van der Waals surface area contributed by atoms with Gasteiger partial charge in [0, 0.05) is 32.1 Å². The number of likely N-dealkylation sites (tertiary alicyclic amines) is 2. The molecule has 156 valence electrons. The third kappa shape index (κ3) is 4.28. The van der Waals surface area contributed by atoms with Crippen molar-refractivity contribution in [2.24, 2.45) is 5.92 Å². The van der Waals surface area contributed by atoms with E-state index in [0.717, 1.165) is 63.9 Å². The second-order valence-electron chi connectivity index (χ2n) is 8.68. The van der Waals surface area contributed by atoms with Crippen LogP contribution >= 0.6 is 11.3 Å². The molecule has 1 atom stereocenters. The Morgan fingerprint density at radius 1 is 0.967 bits per heavy atom. The van der Waals surface area contributed by atoms with Crippen LogP contribution in [0, 0.1) is 5.92 Å². The maximum atomic E-state index is 13.2. The predicted octanol–water partition coefficient (Wildman–Crippen LogP) is 4.91. The number of benzene rings is 2. The first-order valence-electron chi connectivity index (χ1n) is 11.2. The standard InChI is InChI=1S/C25H29N3OS/c29-25(21-9-6-14-27(18-21)17-19-7-2-1-3-8-19)28-15-12-20(13-16-28)24-26-22-10-4-5-11-23(22)30-24/h1-5,7-8,10-11,20-21H,6,9,12-18H2. The van der Waals surface area contributed by atoms with Crippen molar-refractivity contribution in [3.63, 3.8) is 0 Å². The normalized spacial score (nSPS) is 21.2. The van der Waals surface area contributed by atoms with Gasteiger partial charge >= 0.3 is 0 Å². The van der Waals surface area contributed by atoms with Crippen LogP contribution in [0.3, 0.4) is 0 Å². The van der Waals surface area contributed by atoms with Gasteiger partial charge in [-0.05, 0) is 49.9 Å². The summed E-state index contributed by atoms with van der Waals surface area (Å²) in [6.07, 6.45) is 4.21. The van der Waals surface area contributed by atoms with Crippen molar-refractivity contribution in [3.05, 3.63) is 65.2 Å². The van der Waals surface area contributed by atoms with Crippen molar-refractivity contribution in [3.8, 4) is 0 Å². The molecular formula is C25H29N3OS. The van der Waals surface area contributed by atoms with Gasteiger partial charge < -0.3 is 4.90 Å². The fourth-order valence-corrected chi connectivity index (χ4v) is 6.05. The van der Waals surface area contributed by atoms with Crippen LogP contribution in [0.5, 0.6) is 0 Å². The predicted molar refractivity (Wildman–Crippen MR) is 123 cm³/mol. The lowest BCUT2D eigenvalue weighted by molar-refractivity contribution is -0.138. The lowest BCUT2D eigenvalue weighted by atomic mass is 9.93. The molecule has 4 nitrogen and oxygen atoms in total. The van der Waals surface area contributed by atoms with E-state index in [0.29, 0.717) is 11.8 Å². The number of fused-ring (bicyclic) bond motifs is 1. The Balaban J connectivity index is 1.17. The summed E-state index contributed by atoms with van der Waals surface area (Å²) in [5, 5.41) is 1.25. The number of hydrogen-bond donors (Lipinski definition) is 0. The second kappa shape index (κ2) is 8.86. The Hall–Kier alpha value is -2.24. The van der Waals surface area contributed by atoms with E-state index in [1.807, 2.05) is 11.3 Å². The minimum absolute atomic E-state index is 0.154. The number of carbonyl (C=O) groups is 1. The van der Waals surface area contributed by atoms with Gasteiger partial charge in [-0.2, -0.15) is 0 Å². The second-order valence-corrected chi connectivity index (χ2v) is 9.74. The van der Waals surface area contributed by atoms with Gasteiger partial charge in [-0.3, -0.25) is 9.69 Å². The van der Waals surface area contributed by atoms with Gasteiger partial charge in [0.25, 0.3) is 0 Å². The zero-order valence-electron chi connectivity index (χ0n) is 17.4. The number of rotatable bonds is 4. The summed E-state index contributed by atoms with van der Waals surface area (Å²) in [7, 11) is 0. The van der Waals surface area contributed by atoms with Gasteiger partial charge in [-0.15, -0.1) is 11.3 Å². The van der Waals surface area contributed by atoms with Gasteiger partial charge in [0.2, 0.25) is 5.91 Å². The topological polar surface area (TPSA) is 36.4 Å². The molecule has 3 aromatic rings. The fourth-order valence-electron chi connectivity index (χ4n) is 4.91. The maximum absolute atomic E-state index is 13.2. The molecule has 0 N–H and O–H groups in total. The summed E-state index contributed by atoms with van der Waals surface area (Å²) in [4.78, 5) is 22.7. The molecule has 2 aromatic carbocycles. The first-order chi connectivity index (χ1) is 14.8. The van der Waals surface area contributed by atoms with Crippen molar-refractivity contribution in [1.29, 1.82) is 0 Å². The number of hydrogen-bond acceptors (Lipinski definition) is 4. The van der Waals surface area contributed by atoms with Crippen LogP contribution in [0.4, 0.5) is 0 Å². The van der Waals surface area contributed by atoms with Crippen LogP contribution in [0.25, 0.3) is 10.2 Å². The average molecular weight is 420 g/mol. The van der Waals surface area contributed by atoms with Crippen LogP contribution in [-0.4, -0.2) is 46.9 Å². The first kappa shape index (κ1) is 19.7. The van der Waals surface area contributed by atoms with E-state index in [2.05, 4.69) is 64.4 Å². The highest BCUT2D eigenvalue weighted by Gasteiger charge is 2.32. The van der Waals surface area contributed by atoms with Crippen LogP contribution in [0.2, 0.25) is 0 Å². The van der Waals surface area contributed by atoms with Crippen LogP contribution in [0.15, 0.2) is 54.6 Å². The van der Waals surface area contributed by atoms with E-state index in [1.165, 1.54) is 15.3 Å². The van der Waals surface area contributed by atoms with E-state index >= 15 is 0 Å². The molecule has 1 aromatic heterocycles. The molecule has 0 aliphatic carbocycles. The Bertz CT molecular complexity index is 961. The summed E-state index contributed by atoms with van der Waals surface area (Å²) >= 11 is 1.82. The quantitative estimate of drug-likeness (QED) is 0.603. The molecule has 2 saturated heterocycles. The summed E-state index contributed by atoms with van der Waals surface area (Å²) < 4.78 is 1.27. The molecule has 0 bridgehead atoms. The van der Waals surface area contributed by atoms with E-state index in [4.69, 9.17) is 4.98 Å². The van der Waals surface area contributed by atoms with Crippen molar-refractivity contribution in [2.45, 2.75) is 38.1 Å². The highest BCUT2D eigenvalue weighted by Crippen LogP contribution is 2.34. The van der Waals surface area contributed by atoms with Gasteiger partial charge in [0.15, 0.2) is 0 Å². The van der Waals surface area contributed by atoms with E-state index < -0.39 is 0 Å². The summed E-state index contributed by atoms with van der Waals surface area (Å²) in [5.74, 6) is 1.02. The van der Waals surface area contributed by atoms with Crippen molar-refractivity contribution in [2.75, 3.05) is 26.2 Å². The largest absolute Gasteiger partial charge is 0.342 e. The molecule has 2 aliphatic heterocycles. The van der Waals surface area contributed by atoms with Gasteiger partial charge in [-0.1, -0.05) is 42.5 Å². The van der Waals surface area contributed by atoms with Crippen molar-refractivity contribution in [1.82, 2.24) is 14.8 Å². The smallest absolute Gasteiger partial charge is 0.226 e. The number of nitrogens with zero attached hydrogens (tertiary/aromatic N) is 3. The van der Waals surface area contributed by atoms with Crippen LogP contribution < -0.4 is 0 Å². The summed E-state index contributed by atoms with van der Waals surface area (Å²) in [6, 6.07) is 19.0. The minimum atomic E-state index is 0.154. The lowest BCUT2D eigenvalue weighted by Gasteiger charge is -2.37. The zero-order valence-corrected chi connectivity index (χ0v) is 18.2. The Morgan fingerprint density at radius 3 is 2.53 bits per heavy atom. The molecule has 0 saturated carbocycles. The third-order valence-corrected chi connectivity index (χ3v) is 7.77. The number of thiazole rings is 1. The number of carbonyl (C=O) groups excluding carboxylic acids is 1. The molecule has 0 radical (unpaired) electrons.